The average Bonchev–Trinajstić information content (AvgIpc) is 2.89. The van der Waals surface area contributed by atoms with E-state index >= 15 is 0 Å². The fourth-order valence-electron chi connectivity index (χ4n) is 1.43. The third kappa shape index (κ3) is 3.60. The molecule has 0 spiro atoms. The zero-order valence-electron chi connectivity index (χ0n) is 9.92. The quantitative estimate of drug-likeness (QED) is 0.724. The van der Waals surface area contributed by atoms with Crippen LogP contribution < -0.4 is 10.6 Å². The Morgan fingerprint density at radius 2 is 2.00 bits per heavy atom. The summed E-state index contributed by atoms with van der Waals surface area (Å²) >= 11 is 0. The van der Waals surface area contributed by atoms with Crippen LogP contribution in [0.3, 0.4) is 0 Å². The summed E-state index contributed by atoms with van der Waals surface area (Å²) in [5.41, 5.74) is 0.346. The van der Waals surface area contributed by atoms with Crippen molar-refractivity contribution in [2.45, 2.75) is 6.54 Å². The number of amides is 2. The Morgan fingerprint density at radius 1 is 1.16 bits per heavy atom. The van der Waals surface area contributed by atoms with Crippen LogP contribution in [0.1, 0.15) is 5.76 Å². The molecule has 3 N–H and O–H groups in total. The smallest absolute Gasteiger partial charge is 0.313 e. The molecule has 0 saturated heterocycles. The van der Waals surface area contributed by atoms with Gasteiger partial charge in [0.25, 0.3) is 0 Å². The summed E-state index contributed by atoms with van der Waals surface area (Å²) in [5, 5.41) is 14.0. The number of nitrogens with one attached hydrogen (secondary N) is 2. The molecule has 2 rings (SSSR count). The summed E-state index contributed by atoms with van der Waals surface area (Å²) < 4.78 is 5.02. The fraction of sp³-hybridized carbons (Fsp3) is 0.0769. The zero-order valence-corrected chi connectivity index (χ0v) is 9.92. The van der Waals surface area contributed by atoms with Crippen LogP contribution in [-0.4, -0.2) is 16.9 Å². The van der Waals surface area contributed by atoms with E-state index in [2.05, 4.69) is 10.6 Å². The second kappa shape index (κ2) is 5.72. The highest BCUT2D eigenvalue weighted by Crippen LogP contribution is 2.14. The van der Waals surface area contributed by atoms with Crippen molar-refractivity contribution in [1.29, 1.82) is 0 Å². The maximum Gasteiger partial charge on any atom is 0.313 e. The topological polar surface area (TPSA) is 91.6 Å². The van der Waals surface area contributed by atoms with E-state index in [1.54, 1.807) is 24.3 Å². The number of anilines is 1. The van der Waals surface area contributed by atoms with E-state index < -0.39 is 11.8 Å². The predicted molar refractivity (Wildman–Crippen MR) is 67.3 cm³/mol. The van der Waals surface area contributed by atoms with Crippen molar-refractivity contribution in [1.82, 2.24) is 5.32 Å². The number of furan rings is 1. The molecule has 0 radical (unpaired) electrons. The Labute approximate surface area is 109 Å². The van der Waals surface area contributed by atoms with E-state index in [1.165, 1.54) is 18.4 Å². The first-order valence-corrected chi connectivity index (χ1v) is 5.56. The van der Waals surface area contributed by atoms with Gasteiger partial charge in [0.1, 0.15) is 11.5 Å². The third-order valence-corrected chi connectivity index (χ3v) is 2.31. The molecule has 0 fully saturated rings. The van der Waals surface area contributed by atoms with Crippen molar-refractivity contribution < 1.29 is 19.1 Å². The van der Waals surface area contributed by atoms with Gasteiger partial charge in [-0.15, -0.1) is 0 Å². The maximum atomic E-state index is 11.5. The summed E-state index contributed by atoms with van der Waals surface area (Å²) in [6.07, 6.45) is 1.48. The van der Waals surface area contributed by atoms with Gasteiger partial charge in [-0.05, 0) is 24.3 Å². The minimum Gasteiger partial charge on any atom is -0.508 e. The standard InChI is InChI=1S/C13H12N2O4/c16-10-4-1-3-9(7-10)15-13(18)12(17)14-8-11-5-2-6-19-11/h1-7,16H,8H2,(H,14,17)(H,15,18). The van der Waals surface area contributed by atoms with Crippen molar-refractivity contribution in [2.24, 2.45) is 0 Å². The molecule has 0 aliphatic carbocycles. The fourth-order valence-corrected chi connectivity index (χ4v) is 1.43. The first-order chi connectivity index (χ1) is 9.15. The molecule has 0 aliphatic rings. The van der Waals surface area contributed by atoms with E-state index in [0.717, 1.165) is 0 Å². The van der Waals surface area contributed by atoms with E-state index in [0.29, 0.717) is 11.4 Å². The van der Waals surface area contributed by atoms with Crippen LogP contribution in [0.15, 0.2) is 47.1 Å². The molecule has 6 heteroatoms. The number of benzene rings is 1. The minimum atomic E-state index is -0.808. The number of phenols is 1. The number of hydrogen-bond donors (Lipinski definition) is 3. The van der Waals surface area contributed by atoms with Gasteiger partial charge in [0.15, 0.2) is 0 Å². The number of phenolic OH excluding ortho intramolecular Hbond substituents is 1. The van der Waals surface area contributed by atoms with Crippen LogP contribution in [-0.2, 0) is 16.1 Å². The number of aromatic hydroxyl groups is 1. The zero-order chi connectivity index (χ0) is 13.7. The Bertz CT molecular complexity index is 578. The van der Waals surface area contributed by atoms with Crippen LogP contribution in [0.5, 0.6) is 5.75 Å². The third-order valence-electron chi connectivity index (χ3n) is 2.31. The highest BCUT2D eigenvalue weighted by Gasteiger charge is 2.13. The highest BCUT2D eigenvalue weighted by atomic mass is 16.3. The van der Waals surface area contributed by atoms with Crippen LogP contribution in [0.4, 0.5) is 5.69 Å². The van der Waals surface area contributed by atoms with Gasteiger partial charge in [-0.2, -0.15) is 0 Å². The molecule has 1 heterocycles. The summed E-state index contributed by atoms with van der Waals surface area (Å²) in [6, 6.07) is 9.31. The molecule has 2 amide bonds. The Balaban J connectivity index is 1.87. The summed E-state index contributed by atoms with van der Waals surface area (Å²) in [4.78, 5) is 23.0. The molecule has 1 aromatic carbocycles. The van der Waals surface area contributed by atoms with Crippen molar-refractivity contribution in [3.8, 4) is 5.75 Å². The van der Waals surface area contributed by atoms with Gasteiger partial charge in [-0.1, -0.05) is 6.07 Å². The van der Waals surface area contributed by atoms with Crippen LogP contribution in [0.25, 0.3) is 0 Å². The number of rotatable bonds is 3. The molecule has 0 bridgehead atoms. The lowest BCUT2D eigenvalue weighted by Crippen LogP contribution is -2.34. The SMILES string of the molecule is O=C(NCc1ccco1)C(=O)Nc1cccc(O)c1. The second-order valence-corrected chi connectivity index (χ2v) is 3.77. The van der Waals surface area contributed by atoms with Gasteiger partial charge < -0.3 is 20.2 Å². The molecule has 1 aromatic heterocycles. The molecule has 2 aromatic rings. The molecule has 0 atom stereocenters. The second-order valence-electron chi connectivity index (χ2n) is 3.77. The molecular formula is C13H12N2O4. The van der Waals surface area contributed by atoms with Crippen LogP contribution in [0.2, 0.25) is 0 Å². The lowest BCUT2D eigenvalue weighted by atomic mass is 10.3. The first-order valence-electron chi connectivity index (χ1n) is 5.56. The van der Waals surface area contributed by atoms with Crippen molar-refractivity contribution >= 4 is 17.5 Å². The normalized spacial score (nSPS) is 9.89. The monoisotopic (exact) mass is 260 g/mol. The van der Waals surface area contributed by atoms with Crippen molar-refractivity contribution in [3.05, 3.63) is 48.4 Å². The number of carbonyl (C=O) groups is 2. The first kappa shape index (κ1) is 12.7. The molecule has 19 heavy (non-hydrogen) atoms. The Kier molecular flexibility index (Phi) is 3.82. The summed E-state index contributed by atoms with van der Waals surface area (Å²) in [5.74, 6) is -1.02. The van der Waals surface area contributed by atoms with Gasteiger partial charge in [-0.3, -0.25) is 9.59 Å². The molecular weight excluding hydrogens is 248 g/mol. The van der Waals surface area contributed by atoms with Gasteiger partial charge in [0.05, 0.1) is 12.8 Å². The van der Waals surface area contributed by atoms with Gasteiger partial charge in [0, 0.05) is 11.8 Å². The van der Waals surface area contributed by atoms with Gasteiger partial charge in [0.2, 0.25) is 0 Å². The van der Waals surface area contributed by atoms with E-state index in [-0.39, 0.29) is 12.3 Å². The molecule has 98 valence electrons. The number of carbonyl (C=O) groups excluding carboxylic acids is 2. The minimum absolute atomic E-state index is 0.00814. The Hall–Kier alpha value is -2.76. The van der Waals surface area contributed by atoms with Crippen molar-refractivity contribution in [3.63, 3.8) is 0 Å². The molecule has 0 unspecified atom stereocenters. The van der Waals surface area contributed by atoms with Gasteiger partial charge in [-0.25, -0.2) is 0 Å². The van der Waals surface area contributed by atoms with Gasteiger partial charge >= 0.3 is 11.8 Å². The number of hydrogen-bond acceptors (Lipinski definition) is 4. The van der Waals surface area contributed by atoms with Crippen molar-refractivity contribution in [2.75, 3.05) is 5.32 Å². The maximum absolute atomic E-state index is 11.5. The van der Waals surface area contributed by atoms with E-state index in [1.807, 2.05) is 0 Å². The molecule has 0 aliphatic heterocycles. The summed E-state index contributed by atoms with van der Waals surface area (Å²) in [7, 11) is 0. The van der Waals surface area contributed by atoms with E-state index in [9.17, 15) is 14.7 Å². The molecule has 6 nitrogen and oxygen atoms in total. The largest absolute Gasteiger partial charge is 0.508 e. The Morgan fingerprint density at radius 3 is 2.68 bits per heavy atom. The highest BCUT2D eigenvalue weighted by molar-refractivity contribution is 6.39. The van der Waals surface area contributed by atoms with Crippen LogP contribution >= 0.6 is 0 Å². The predicted octanol–water partition coefficient (Wildman–Crippen LogP) is 1.24. The average molecular weight is 260 g/mol. The lowest BCUT2D eigenvalue weighted by Gasteiger charge is -2.05. The molecule has 0 saturated carbocycles. The van der Waals surface area contributed by atoms with Crippen LogP contribution in [0, 0.1) is 0 Å². The summed E-state index contributed by atoms with van der Waals surface area (Å²) in [6.45, 7) is 0.138. The lowest BCUT2D eigenvalue weighted by molar-refractivity contribution is -0.136. The van der Waals surface area contributed by atoms with E-state index in [4.69, 9.17) is 4.42 Å².